The summed E-state index contributed by atoms with van der Waals surface area (Å²) in [5.74, 6) is 0.659. The van der Waals surface area contributed by atoms with Crippen molar-refractivity contribution in [2.24, 2.45) is 0 Å². The van der Waals surface area contributed by atoms with Crippen LogP contribution in [-0.4, -0.2) is 20.2 Å². The van der Waals surface area contributed by atoms with Gasteiger partial charge in [0, 0.05) is 6.20 Å². The van der Waals surface area contributed by atoms with Crippen molar-refractivity contribution >= 4 is 33.3 Å². The topological polar surface area (TPSA) is 106 Å². The molecule has 0 saturated carbocycles. The first kappa shape index (κ1) is 11.9. The number of H-pyrrole nitrogens is 1. The van der Waals surface area contributed by atoms with Crippen LogP contribution in [0.25, 0.3) is 20.8 Å². The number of nitrogens with two attached hydrogens (primary N) is 2. The van der Waals surface area contributed by atoms with Crippen molar-refractivity contribution in [1.82, 2.24) is 20.2 Å². The van der Waals surface area contributed by atoms with Crippen molar-refractivity contribution in [2.45, 2.75) is 19.8 Å². The van der Waals surface area contributed by atoms with Gasteiger partial charge in [-0.3, -0.25) is 5.10 Å². The van der Waals surface area contributed by atoms with E-state index in [9.17, 15) is 0 Å². The summed E-state index contributed by atoms with van der Waals surface area (Å²) >= 11 is 1.58. The average Bonchev–Trinajstić information content (AvgIpc) is 2.98. The molecule has 0 aliphatic carbocycles. The van der Waals surface area contributed by atoms with Gasteiger partial charge >= 0.3 is 0 Å². The Morgan fingerprint density at radius 2 is 2.16 bits per heavy atom. The molecular formula is C12H14N6S. The number of aromatic amines is 1. The molecule has 0 radical (unpaired) electrons. The lowest BCUT2D eigenvalue weighted by Gasteiger charge is -2.01. The van der Waals surface area contributed by atoms with Crippen LogP contribution in [-0.2, 0) is 6.42 Å². The summed E-state index contributed by atoms with van der Waals surface area (Å²) in [6, 6.07) is 1.94. The van der Waals surface area contributed by atoms with Crippen LogP contribution in [0.2, 0.25) is 0 Å². The maximum absolute atomic E-state index is 5.94. The van der Waals surface area contributed by atoms with Gasteiger partial charge in [0.15, 0.2) is 0 Å². The van der Waals surface area contributed by atoms with Crippen LogP contribution in [0.1, 0.15) is 18.9 Å². The first-order chi connectivity index (χ1) is 9.20. The molecule has 3 aromatic heterocycles. The number of rotatable bonds is 3. The van der Waals surface area contributed by atoms with Gasteiger partial charge < -0.3 is 11.5 Å². The third kappa shape index (κ3) is 1.91. The Bertz CT molecular complexity index is 715. The molecule has 0 fully saturated rings. The zero-order chi connectivity index (χ0) is 13.4. The molecule has 7 heteroatoms. The monoisotopic (exact) mass is 274 g/mol. The van der Waals surface area contributed by atoms with E-state index in [1.807, 2.05) is 6.07 Å². The van der Waals surface area contributed by atoms with Crippen LogP contribution in [0.5, 0.6) is 0 Å². The second-order valence-corrected chi connectivity index (χ2v) is 5.30. The van der Waals surface area contributed by atoms with Gasteiger partial charge in [0.05, 0.1) is 20.8 Å². The van der Waals surface area contributed by atoms with Gasteiger partial charge in [-0.25, -0.2) is 4.98 Å². The van der Waals surface area contributed by atoms with Crippen molar-refractivity contribution in [3.63, 3.8) is 0 Å². The largest absolute Gasteiger partial charge is 0.382 e. The van der Waals surface area contributed by atoms with Crippen LogP contribution in [0.3, 0.4) is 0 Å². The van der Waals surface area contributed by atoms with E-state index in [4.69, 9.17) is 11.5 Å². The highest BCUT2D eigenvalue weighted by atomic mass is 32.1. The van der Waals surface area contributed by atoms with Gasteiger partial charge in [0.2, 0.25) is 5.95 Å². The van der Waals surface area contributed by atoms with E-state index < -0.39 is 0 Å². The van der Waals surface area contributed by atoms with E-state index in [1.54, 1.807) is 17.5 Å². The molecule has 0 atom stereocenters. The molecule has 0 saturated heterocycles. The maximum Gasteiger partial charge on any atom is 0.222 e. The zero-order valence-corrected chi connectivity index (χ0v) is 11.3. The van der Waals surface area contributed by atoms with Gasteiger partial charge in [0.25, 0.3) is 0 Å². The minimum Gasteiger partial charge on any atom is -0.382 e. The van der Waals surface area contributed by atoms with Crippen molar-refractivity contribution in [3.05, 3.63) is 17.8 Å². The summed E-state index contributed by atoms with van der Waals surface area (Å²) in [7, 11) is 0. The Labute approximate surface area is 113 Å². The average molecular weight is 274 g/mol. The highest BCUT2D eigenvalue weighted by Gasteiger charge is 2.18. The minimum absolute atomic E-state index is 0.219. The van der Waals surface area contributed by atoms with E-state index >= 15 is 0 Å². The normalized spacial score (nSPS) is 11.2. The van der Waals surface area contributed by atoms with Crippen LogP contribution < -0.4 is 11.5 Å². The predicted molar refractivity (Wildman–Crippen MR) is 77.8 cm³/mol. The lowest BCUT2D eigenvalue weighted by Crippen LogP contribution is -1.99. The third-order valence-corrected chi connectivity index (χ3v) is 4.20. The lowest BCUT2D eigenvalue weighted by atomic mass is 10.1. The number of thiophene rings is 1. The lowest BCUT2D eigenvalue weighted by molar-refractivity contribution is 0.929. The molecule has 6 nitrogen and oxygen atoms in total. The van der Waals surface area contributed by atoms with Crippen LogP contribution >= 0.6 is 11.3 Å². The highest BCUT2D eigenvalue weighted by Crippen LogP contribution is 2.39. The fraction of sp³-hybridized carbons (Fsp3) is 0.250. The first-order valence-corrected chi connectivity index (χ1v) is 6.86. The van der Waals surface area contributed by atoms with Crippen LogP contribution in [0, 0.1) is 0 Å². The fourth-order valence-electron chi connectivity index (χ4n) is 2.14. The van der Waals surface area contributed by atoms with Crippen LogP contribution in [0.15, 0.2) is 12.3 Å². The molecule has 3 aromatic rings. The predicted octanol–water partition coefficient (Wildman–Crippen LogP) is 2.20. The minimum atomic E-state index is 0.219. The second kappa shape index (κ2) is 4.51. The molecule has 98 valence electrons. The Kier molecular flexibility index (Phi) is 2.83. The summed E-state index contributed by atoms with van der Waals surface area (Å²) < 4.78 is 0.891. The highest BCUT2D eigenvalue weighted by molar-refractivity contribution is 7.23. The maximum atomic E-state index is 5.94. The molecule has 0 unspecified atom stereocenters. The summed E-state index contributed by atoms with van der Waals surface area (Å²) in [6.45, 7) is 2.13. The SMILES string of the molecule is CCCc1c(-c2ccn[nH]2)sc2c(N)nc(N)nc12. The first-order valence-electron chi connectivity index (χ1n) is 6.04. The van der Waals surface area contributed by atoms with E-state index in [0.717, 1.165) is 39.2 Å². The Hall–Kier alpha value is -2.15. The zero-order valence-electron chi connectivity index (χ0n) is 10.5. The standard InChI is InChI=1S/C12H14N6S/c1-2-3-6-8-10(11(13)17-12(14)16-8)19-9(6)7-4-5-15-18-7/h4-5H,2-3H2,1H3,(H,15,18)(H4,13,14,16,17). The fourth-order valence-corrected chi connectivity index (χ4v) is 3.31. The molecule has 5 N–H and O–H groups in total. The number of nitrogens with one attached hydrogen (secondary N) is 1. The van der Waals surface area contributed by atoms with E-state index in [2.05, 4.69) is 27.1 Å². The molecule has 19 heavy (non-hydrogen) atoms. The van der Waals surface area contributed by atoms with Gasteiger partial charge in [-0.1, -0.05) is 13.3 Å². The number of fused-ring (bicyclic) bond motifs is 1. The number of hydrogen-bond donors (Lipinski definition) is 3. The molecule has 3 rings (SSSR count). The molecule has 0 bridgehead atoms. The van der Waals surface area contributed by atoms with Gasteiger partial charge in [-0.05, 0) is 18.1 Å². The van der Waals surface area contributed by atoms with E-state index in [1.165, 1.54) is 0 Å². The Balaban J connectivity index is 2.33. The summed E-state index contributed by atoms with van der Waals surface area (Å²) in [5.41, 5.74) is 14.6. The van der Waals surface area contributed by atoms with Gasteiger partial charge in [-0.2, -0.15) is 10.1 Å². The molecule has 3 heterocycles. The number of aryl methyl sites for hydroxylation is 1. The van der Waals surface area contributed by atoms with Gasteiger partial charge in [-0.15, -0.1) is 11.3 Å². The molecule has 0 aliphatic rings. The van der Waals surface area contributed by atoms with E-state index in [-0.39, 0.29) is 5.95 Å². The third-order valence-electron chi connectivity index (χ3n) is 2.92. The summed E-state index contributed by atoms with van der Waals surface area (Å²) in [6.07, 6.45) is 3.68. The number of nitrogens with zero attached hydrogens (tertiary/aromatic N) is 3. The van der Waals surface area contributed by atoms with Crippen molar-refractivity contribution < 1.29 is 0 Å². The van der Waals surface area contributed by atoms with Crippen molar-refractivity contribution in [1.29, 1.82) is 0 Å². The van der Waals surface area contributed by atoms with Crippen LogP contribution in [0.4, 0.5) is 11.8 Å². The summed E-state index contributed by atoms with van der Waals surface area (Å²) in [4.78, 5) is 9.49. The van der Waals surface area contributed by atoms with E-state index in [0.29, 0.717) is 5.82 Å². The smallest absolute Gasteiger partial charge is 0.222 e. The number of anilines is 2. The quantitative estimate of drug-likeness (QED) is 0.678. The molecule has 0 aliphatic heterocycles. The molecular weight excluding hydrogens is 260 g/mol. The second-order valence-electron chi connectivity index (χ2n) is 4.27. The molecule has 0 spiro atoms. The number of hydrogen-bond acceptors (Lipinski definition) is 6. The van der Waals surface area contributed by atoms with Gasteiger partial charge in [0.1, 0.15) is 5.82 Å². The number of nitrogen functional groups attached to an aromatic ring is 2. The Morgan fingerprint density at radius 3 is 2.84 bits per heavy atom. The molecule has 0 amide bonds. The van der Waals surface area contributed by atoms with Crippen molar-refractivity contribution in [2.75, 3.05) is 11.5 Å². The van der Waals surface area contributed by atoms with Crippen molar-refractivity contribution in [3.8, 4) is 10.6 Å². The molecule has 0 aromatic carbocycles. The summed E-state index contributed by atoms with van der Waals surface area (Å²) in [5, 5.41) is 6.99. The Morgan fingerprint density at radius 1 is 1.32 bits per heavy atom. The number of aromatic nitrogens is 4.